The first kappa shape index (κ1) is 13.4. The highest BCUT2D eigenvalue weighted by atomic mass is 16.5. The van der Waals surface area contributed by atoms with Crippen molar-refractivity contribution in [3.05, 3.63) is 54.1 Å². The summed E-state index contributed by atoms with van der Waals surface area (Å²) < 4.78 is 11.1. The molecule has 0 spiro atoms. The maximum absolute atomic E-state index is 5.82. The molecule has 0 atom stereocenters. The average molecular weight is 257 g/mol. The van der Waals surface area contributed by atoms with E-state index in [1.807, 2.05) is 43.4 Å². The molecule has 2 aromatic rings. The van der Waals surface area contributed by atoms with Gasteiger partial charge in [0, 0.05) is 0 Å². The summed E-state index contributed by atoms with van der Waals surface area (Å²) in [6.45, 7) is 0.979. The van der Waals surface area contributed by atoms with Crippen LogP contribution >= 0.6 is 0 Å². The molecule has 1 N–H and O–H groups in total. The smallest absolute Gasteiger partial charge is 0.169 e. The fraction of sp³-hybridized carbons (Fsp3) is 0.250. The molecule has 0 radical (unpaired) electrons. The number of hydrogen-bond donors (Lipinski definition) is 1. The summed E-state index contributed by atoms with van der Waals surface area (Å²) >= 11 is 0. The molecule has 0 saturated carbocycles. The highest BCUT2D eigenvalue weighted by molar-refractivity contribution is 5.43. The predicted molar refractivity (Wildman–Crippen MR) is 77.1 cm³/mol. The second-order valence-corrected chi connectivity index (χ2v) is 4.25. The van der Waals surface area contributed by atoms with Crippen molar-refractivity contribution < 1.29 is 9.47 Å². The lowest BCUT2D eigenvalue weighted by Crippen LogP contribution is -2.10. The van der Waals surface area contributed by atoms with Gasteiger partial charge < -0.3 is 14.8 Å². The molecule has 0 unspecified atom stereocenters. The minimum atomic E-state index is 0.730. The number of rotatable bonds is 6. The van der Waals surface area contributed by atoms with Gasteiger partial charge in [-0.25, -0.2) is 0 Å². The standard InChI is InChI=1S/C16H19NO2/c1-17-12-11-13-7-9-14(10-8-13)19-16-6-4-3-5-15(16)18-2/h3-10,17H,11-12H2,1-2H3. The van der Waals surface area contributed by atoms with Crippen LogP contribution in [-0.2, 0) is 6.42 Å². The van der Waals surface area contributed by atoms with E-state index in [0.29, 0.717) is 0 Å². The Kier molecular flexibility index (Phi) is 4.81. The Bertz CT molecular complexity index is 508. The van der Waals surface area contributed by atoms with E-state index in [4.69, 9.17) is 9.47 Å². The Hall–Kier alpha value is -2.00. The van der Waals surface area contributed by atoms with Crippen molar-refractivity contribution in [2.75, 3.05) is 20.7 Å². The summed E-state index contributed by atoms with van der Waals surface area (Å²) in [6.07, 6.45) is 1.02. The lowest BCUT2D eigenvalue weighted by Gasteiger charge is -2.10. The van der Waals surface area contributed by atoms with Gasteiger partial charge in [-0.1, -0.05) is 24.3 Å². The van der Waals surface area contributed by atoms with Crippen LogP contribution in [0.3, 0.4) is 0 Å². The third kappa shape index (κ3) is 3.73. The van der Waals surface area contributed by atoms with Crippen LogP contribution in [0.2, 0.25) is 0 Å². The van der Waals surface area contributed by atoms with Crippen LogP contribution in [0.4, 0.5) is 0 Å². The van der Waals surface area contributed by atoms with E-state index in [1.54, 1.807) is 7.11 Å². The van der Waals surface area contributed by atoms with Crippen LogP contribution in [0.15, 0.2) is 48.5 Å². The first-order valence-electron chi connectivity index (χ1n) is 6.38. The number of ether oxygens (including phenoxy) is 2. The number of nitrogens with one attached hydrogen (secondary N) is 1. The van der Waals surface area contributed by atoms with Gasteiger partial charge in [0.2, 0.25) is 0 Å². The Morgan fingerprint density at radius 2 is 1.63 bits per heavy atom. The van der Waals surface area contributed by atoms with Gasteiger partial charge in [0.15, 0.2) is 11.5 Å². The van der Waals surface area contributed by atoms with Crippen LogP contribution in [0.1, 0.15) is 5.56 Å². The van der Waals surface area contributed by atoms with Crippen LogP contribution in [0.5, 0.6) is 17.2 Å². The van der Waals surface area contributed by atoms with E-state index in [9.17, 15) is 0 Å². The molecule has 2 rings (SSSR count). The summed E-state index contributed by atoms with van der Waals surface area (Å²) in [6, 6.07) is 15.8. The molecule has 19 heavy (non-hydrogen) atoms. The zero-order chi connectivity index (χ0) is 13.5. The maximum atomic E-state index is 5.82. The molecule has 0 heterocycles. The molecule has 0 amide bonds. The predicted octanol–water partition coefficient (Wildman–Crippen LogP) is 3.25. The van der Waals surface area contributed by atoms with Gasteiger partial charge in [-0.3, -0.25) is 0 Å². The second-order valence-electron chi connectivity index (χ2n) is 4.25. The van der Waals surface area contributed by atoms with Crippen molar-refractivity contribution in [2.45, 2.75) is 6.42 Å². The Labute approximate surface area is 114 Å². The zero-order valence-electron chi connectivity index (χ0n) is 11.3. The number of para-hydroxylation sites is 2. The first-order chi connectivity index (χ1) is 9.33. The van der Waals surface area contributed by atoms with Crippen LogP contribution < -0.4 is 14.8 Å². The van der Waals surface area contributed by atoms with Gasteiger partial charge >= 0.3 is 0 Å². The number of methoxy groups -OCH3 is 1. The molecule has 100 valence electrons. The highest BCUT2D eigenvalue weighted by Gasteiger charge is 2.04. The number of hydrogen-bond acceptors (Lipinski definition) is 3. The first-order valence-corrected chi connectivity index (χ1v) is 6.38. The fourth-order valence-corrected chi connectivity index (χ4v) is 1.82. The van der Waals surface area contributed by atoms with Gasteiger partial charge in [0.05, 0.1) is 7.11 Å². The van der Waals surface area contributed by atoms with E-state index >= 15 is 0 Å². The molecular formula is C16H19NO2. The molecule has 0 aromatic heterocycles. The lowest BCUT2D eigenvalue weighted by molar-refractivity contribution is 0.379. The molecule has 0 saturated heterocycles. The summed E-state index contributed by atoms with van der Waals surface area (Å²) in [7, 11) is 3.60. The SMILES string of the molecule is CNCCc1ccc(Oc2ccccc2OC)cc1. The molecule has 0 aliphatic carbocycles. The molecule has 0 bridgehead atoms. The van der Waals surface area contributed by atoms with Crippen molar-refractivity contribution in [3.63, 3.8) is 0 Å². The minimum absolute atomic E-state index is 0.730. The molecule has 3 nitrogen and oxygen atoms in total. The molecule has 2 aromatic carbocycles. The second kappa shape index (κ2) is 6.81. The van der Waals surface area contributed by atoms with E-state index in [-0.39, 0.29) is 0 Å². The fourth-order valence-electron chi connectivity index (χ4n) is 1.82. The Morgan fingerprint density at radius 1 is 0.947 bits per heavy atom. The molecule has 0 aliphatic rings. The van der Waals surface area contributed by atoms with Crippen molar-refractivity contribution in [2.24, 2.45) is 0 Å². The van der Waals surface area contributed by atoms with Crippen LogP contribution in [0.25, 0.3) is 0 Å². The van der Waals surface area contributed by atoms with Crippen LogP contribution in [0, 0.1) is 0 Å². The summed E-state index contributed by atoms with van der Waals surface area (Å²) in [5.41, 5.74) is 1.29. The normalized spacial score (nSPS) is 10.2. The van der Waals surface area contributed by atoms with Gasteiger partial charge in [0.25, 0.3) is 0 Å². The quantitative estimate of drug-likeness (QED) is 0.861. The third-order valence-corrected chi connectivity index (χ3v) is 2.88. The molecule has 0 aliphatic heterocycles. The van der Waals surface area contributed by atoms with E-state index in [2.05, 4.69) is 17.4 Å². The largest absolute Gasteiger partial charge is 0.493 e. The Balaban J connectivity index is 2.06. The summed E-state index contributed by atoms with van der Waals surface area (Å²) in [5, 5.41) is 3.14. The van der Waals surface area contributed by atoms with Gasteiger partial charge in [-0.05, 0) is 49.8 Å². The van der Waals surface area contributed by atoms with Gasteiger partial charge in [-0.2, -0.15) is 0 Å². The van der Waals surface area contributed by atoms with E-state index in [1.165, 1.54) is 5.56 Å². The summed E-state index contributed by atoms with van der Waals surface area (Å²) in [5.74, 6) is 2.28. The molecule has 3 heteroatoms. The average Bonchev–Trinajstić information content (AvgIpc) is 2.47. The third-order valence-electron chi connectivity index (χ3n) is 2.88. The van der Waals surface area contributed by atoms with E-state index in [0.717, 1.165) is 30.2 Å². The summed E-state index contributed by atoms with van der Waals surface area (Å²) in [4.78, 5) is 0. The molecular weight excluding hydrogens is 238 g/mol. The van der Waals surface area contributed by atoms with Crippen molar-refractivity contribution in [3.8, 4) is 17.2 Å². The molecule has 0 fully saturated rings. The monoisotopic (exact) mass is 257 g/mol. The minimum Gasteiger partial charge on any atom is -0.493 e. The zero-order valence-corrected chi connectivity index (χ0v) is 11.3. The van der Waals surface area contributed by atoms with Crippen molar-refractivity contribution in [1.29, 1.82) is 0 Å². The van der Waals surface area contributed by atoms with Crippen molar-refractivity contribution >= 4 is 0 Å². The lowest BCUT2D eigenvalue weighted by atomic mass is 10.1. The number of benzene rings is 2. The van der Waals surface area contributed by atoms with Crippen LogP contribution in [-0.4, -0.2) is 20.7 Å². The topological polar surface area (TPSA) is 30.5 Å². The maximum Gasteiger partial charge on any atom is 0.169 e. The van der Waals surface area contributed by atoms with Crippen molar-refractivity contribution in [1.82, 2.24) is 5.32 Å². The van der Waals surface area contributed by atoms with Gasteiger partial charge in [-0.15, -0.1) is 0 Å². The Morgan fingerprint density at radius 3 is 2.26 bits per heavy atom. The number of likely N-dealkylation sites (N-methyl/N-ethyl adjacent to an activating group) is 1. The van der Waals surface area contributed by atoms with Gasteiger partial charge in [0.1, 0.15) is 5.75 Å². The van der Waals surface area contributed by atoms with E-state index < -0.39 is 0 Å². The highest BCUT2D eigenvalue weighted by Crippen LogP contribution is 2.30.